The highest BCUT2D eigenvalue weighted by atomic mass is 32.2. The number of benzene rings is 2. The third kappa shape index (κ3) is 4.31. The molecule has 1 aliphatic rings. The van der Waals surface area contributed by atoms with E-state index in [1.54, 1.807) is 12.1 Å². The van der Waals surface area contributed by atoms with Crippen molar-refractivity contribution in [3.05, 3.63) is 48.5 Å². The third-order valence-corrected chi connectivity index (χ3v) is 6.39. The van der Waals surface area contributed by atoms with Crippen LogP contribution >= 0.6 is 0 Å². The van der Waals surface area contributed by atoms with Crippen LogP contribution in [0.25, 0.3) is 11.0 Å². The van der Waals surface area contributed by atoms with E-state index >= 15 is 0 Å². The maximum atomic E-state index is 13.0. The summed E-state index contributed by atoms with van der Waals surface area (Å²) in [6, 6.07) is 13.8. The molecule has 0 bridgehead atoms. The number of aromatic nitrogens is 2. The molecule has 2 aromatic carbocycles. The molecule has 0 aliphatic carbocycles. The molecule has 30 heavy (non-hydrogen) atoms. The molecule has 0 saturated carbocycles. The maximum Gasteiger partial charge on any atom is 0.263 e. The van der Waals surface area contributed by atoms with Crippen LogP contribution in [0.4, 0.5) is 11.6 Å². The van der Waals surface area contributed by atoms with Gasteiger partial charge in [0.2, 0.25) is 0 Å². The summed E-state index contributed by atoms with van der Waals surface area (Å²) in [6.07, 6.45) is 0. The topological polar surface area (TPSA) is 87.7 Å². The van der Waals surface area contributed by atoms with Gasteiger partial charge in [0.05, 0.1) is 22.5 Å². The van der Waals surface area contributed by atoms with Gasteiger partial charge in [-0.05, 0) is 50.4 Å². The molecule has 1 N–H and O–H groups in total. The number of likely N-dealkylation sites (N-methyl/N-ethyl adjacent to an activating group) is 1. The number of hydrogen-bond donors (Lipinski definition) is 1. The first-order valence-corrected chi connectivity index (χ1v) is 11.4. The summed E-state index contributed by atoms with van der Waals surface area (Å²) in [7, 11) is -1.76. The lowest BCUT2D eigenvalue weighted by Gasteiger charge is -2.34. The van der Waals surface area contributed by atoms with Gasteiger partial charge in [0.25, 0.3) is 10.0 Å². The summed E-state index contributed by atoms with van der Waals surface area (Å²) in [5.74, 6) is 1.42. The Hall–Kier alpha value is -2.91. The first-order valence-electron chi connectivity index (χ1n) is 9.92. The van der Waals surface area contributed by atoms with Gasteiger partial charge in [-0.3, -0.25) is 4.72 Å². The van der Waals surface area contributed by atoms with Crippen LogP contribution in [-0.4, -0.2) is 63.1 Å². The van der Waals surface area contributed by atoms with E-state index in [0.717, 1.165) is 31.7 Å². The third-order valence-electron chi connectivity index (χ3n) is 5.03. The average molecular weight is 428 g/mol. The summed E-state index contributed by atoms with van der Waals surface area (Å²) in [5, 5.41) is 0. The number of ether oxygens (including phenoxy) is 1. The number of fused-ring (bicyclic) bond motifs is 1. The summed E-state index contributed by atoms with van der Waals surface area (Å²) >= 11 is 0. The first-order chi connectivity index (χ1) is 14.5. The minimum absolute atomic E-state index is 0.144. The Labute approximate surface area is 176 Å². The molecule has 0 unspecified atom stereocenters. The van der Waals surface area contributed by atoms with E-state index in [-0.39, 0.29) is 10.7 Å². The Balaban J connectivity index is 1.70. The van der Waals surface area contributed by atoms with Crippen molar-refractivity contribution in [2.75, 3.05) is 49.5 Å². The Morgan fingerprint density at radius 1 is 0.967 bits per heavy atom. The fraction of sp³-hybridized carbons (Fsp3) is 0.333. The molecule has 1 fully saturated rings. The average Bonchev–Trinajstić information content (AvgIpc) is 2.74. The van der Waals surface area contributed by atoms with E-state index in [1.165, 1.54) is 12.1 Å². The highest BCUT2D eigenvalue weighted by Gasteiger charge is 2.24. The summed E-state index contributed by atoms with van der Waals surface area (Å²) in [5.41, 5.74) is 1.37. The van der Waals surface area contributed by atoms with Gasteiger partial charge in [-0.1, -0.05) is 12.1 Å². The number of hydrogen-bond acceptors (Lipinski definition) is 7. The van der Waals surface area contributed by atoms with Crippen LogP contribution in [0.2, 0.25) is 0 Å². The monoisotopic (exact) mass is 427 g/mol. The largest absolute Gasteiger partial charge is 0.494 e. The normalized spacial score (nSPS) is 15.3. The molecule has 0 amide bonds. The molecular weight excluding hydrogens is 402 g/mol. The van der Waals surface area contributed by atoms with Crippen LogP contribution in [0.1, 0.15) is 6.92 Å². The Morgan fingerprint density at radius 2 is 1.60 bits per heavy atom. The van der Waals surface area contributed by atoms with Crippen molar-refractivity contribution in [3.63, 3.8) is 0 Å². The number of nitrogens with zero attached hydrogens (tertiary/aromatic N) is 4. The smallest absolute Gasteiger partial charge is 0.263 e. The number of rotatable bonds is 6. The molecule has 2 heterocycles. The number of nitrogens with one attached hydrogen (secondary N) is 1. The number of piperazine rings is 1. The fourth-order valence-electron chi connectivity index (χ4n) is 3.37. The van der Waals surface area contributed by atoms with Gasteiger partial charge in [-0.15, -0.1) is 0 Å². The van der Waals surface area contributed by atoms with E-state index in [2.05, 4.69) is 26.6 Å². The second-order valence-corrected chi connectivity index (χ2v) is 8.87. The van der Waals surface area contributed by atoms with Gasteiger partial charge in [0, 0.05) is 26.2 Å². The summed E-state index contributed by atoms with van der Waals surface area (Å²) < 4.78 is 34.2. The van der Waals surface area contributed by atoms with Crippen molar-refractivity contribution < 1.29 is 13.2 Å². The molecular formula is C21H25N5O3S. The van der Waals surface area contributed by atoms with E-state index in [4.69, 9.17) is 9.72 Å². The first kappa shape index (κ1) is 20.4. The van der Waals surface area contributed by atoms with Crippen molar-refractivity contribution >= 4 is 32.7 Å². The second-order valence-electron chi connectivity index (χ2n) is 7.18. The SMILES string of the molecule is CCOc1ccc(S(=O)(=O)Nc2nc3ccccc3nc2N2CCN(C)CC2)cc1. The van der Waals surface area contributed by atoms with Gasteiger partial charge in [-0.25, -0.2) is 18.4 Å². The lowest BCUT2D eigenvalue weighted by molar-refractivity contribution is 0.312. The highest BCUT2D eigenvalue weighted by molar-refractivity contribution is 7.92. The number of para-hydroxylation sites is 2. The van der Waals surface area contributed by atoms with E-state index in [0.29, 0.717) is 23.7 Å². The van der Waals surface area contributed by atoms with E-state index < -0.39 is 10.0 Å². The van der Waals surface area contributed by atoms with Gasteiger partial charge >= 0.3 is 0 Å². The number of anilines is 2. The predicted molar refractivity (Wildman–Crippen MR) is 118 cm³/mol. The van der Waals surface area contributed by atoms with Crippen molar-refractivity contribution in [2.45, 2.75) is 11.8 Å². The van der Waals surface area contributed by atoms with Crippen LogP contribution in [0.5, 0.6) is 5.75 Å². The van der Waals surface area contributed by atoms with Crippen molar-refractivity contribution in [1.29, 1.82) is 0 Å². The van der Waals surface area contributed by atoms with Crippen LogP contribution in [0, 0.1) is 0 Å². The lowest BCUT2D eigenvalue weighted by atomic mass is 10.3. The summed E-state index contributed by atoms with van der Waals surface area (Å²) in [6.45, 7) is 5.65. The van der Waals surface area contributed by atoms with Crippen LogP contribution in [0.15, 0.2) is 53.4 Å². The van der Waals surface area contributed by atoms with Gasteiger partial charge in [0.1, 0.15) is 5.75 Å². The van der Waals surface area contributed by atoms with Gasteiger partial charge in [-0.2, -0.15) is 0 Å². The predicted octanol–water partition coefficient (Wildman–Crippen LogP) is 2.58. The van der Waals surface area contributed by atoms with Gasteiger partial charge < -0.3 is 14.5 Å². The zero-order valence-corrected chi connectivity index (χ0v) is 17.9. The van der Waals surface area contributed by atoms with Crippen LogP contribution in [0.3, 0.4) is 0 Å². The Kier molecular flexibility index (Phi) is 5.74. The van der Waals surface area contributed by atoms with Crippen LogP contribution in [-0.2, 0) is 10.0 Å². The Bertz CT molecular complexity index is 1130. The van der Waals surface area contributed by atoms with E-state index in [1.807, 2.05) is 31.2 Å². The molecule has 158 valence electrons. The minimum atomic E-state index is -3.83. The molecule has 1 aromatic heterocycles. The Morgan fingerprint density at radius 3 is 2.23 bits per heavy atom. The van der Waals surface area contributed by atoms with Crippen molar-refractivity contribution in [3.8, 4) is 5.75 Å². The molecule has 0 atom stereocenters. The van der Waals surface area contributed by atoms with Crippen molar-refractivity contribution in [1.82, 2.24) is 14.9 Å². The lowest BCUT2D eigenvalue weighted by Crippen LogP contribution is -2.45. The minimum Gasteiger partial charge on any atom is -0.494 e. The summed E-state index contributed by atoms with van der Waals surface area (Å²) in [4.78, 5) is 13.8. The molecule has 3 aromatic rings. The van der Waals surface area contributed by atoms with E-state index in [9.17, 15) is 8.42 Å². The van der Waals surface area contributed by atoms with Gasteiger partial charge in [0.15, 0.2) is 11.6 Å². The molecule has 0 spiro atoms. The molecule has 1 saturated heterocycles. The molecule has 4 rings (SSSR count). The zero-order chi connectivity index (χ0) is 21.1. The fourth-order valence-corrected chi connectivity index (χ4v) is 4.37. The maximum absolute atomic E-state index is 13.0. The van der Waals surface area contributed by atoms with Crippen LogP contribution < -0.4 is 14.4 Å². The molecule has 1 aliphatic heterocycles. The second kappa shape index (κ2) is 8.45. The zero-order valence-electron chi connectivity index (χ0n) is 17.1. The van der Waals surface area contributed by atoms with Crippen molar-refractivity contribution in [2.24, 2.45) is 0 Å². The number of sulfonamides is 1. The highest BCUT2D eigenvalue weighted by Crippen LogP contribution is 2.28. The molecule has 8 nitrogen and oxygen atoms in total. The standard InChI is InChI=1S/C21H25N5O3S/c1-3-29-16-8-10-17(11-9-16)30(27,28)24-20-21(26-14-12-25(2)13-15-26)23-19-7-5-4-6-18(19)22-20/h4-11H,3,12-15H2,1-2H3,(H,22,24). The quantitative estimate of drug-likeness (QED) is 0.647. The molecule has 9 heteroatoms. The molecule has 0 radical (unpaired) electrons.